The van der Waals surface area contributed by atoms with E-state index < -0.39 is 68.7 Å². The van der Waals surface area contributed by atoms with Gasteiger partial charge in [-0.15, -0.1) is 6.58 Å². The highest BCUT2D eigenvalue weighted by Gasteiger charge is 2.62. The molecule has 3 saturated carbocycles. The van der Waals surface area contributed by atoms with Gasteiger partial charge in [-0.1, -0.05) is 19.9 Å². The molecule has 56 heavy (non-hydrogen) atoms. The van der Waals surface area contributed by atoms with Crippen LogP contribution in [0.15, 0.2) is 24.8 Å². The minimum absolute atomic E-state index is 0.0172. The molecule has 5 atom stereocenters. The van der Waals surface area contributed by atoms with Gasteiger partial charge in [0.05, 0.1) is 36.9 Å². The Morgan fingerprint density at radius 2 is 1.73 bits per heavy atom. The molecule has 4 aliphatic carbocycles. The number of aromatic nitrogens is 1. The molecule has 15 nitrogen and oxygen atoms in total. The Hall–Kier alpha value is -4.60. The second kappa shape index (κ2) is 15.7. The normalized spacial score (nSPS) is 25.2. The molecule has 7 rings (SSSR count). The Morgan fingerprint density at radius 3 is 2.38 bits per heavy atom. The van der Waals surface area contributed by atoms with Crippen molar-refractivity contribution in [3.05, 3.63) is 36.0 Å². The van der Waals surface area contributed by atoms with Crippen LogP contribution in [-0.4, -0.2) is 98.0 Å². The summed E-state index contributed by atoms with van der Waals surface area (Å²) < 4.78 is 51.6. The average Bonchev–Trinajstić information content (AvgIpc) is 4.06. The van der Waals surface area contributed by atoms with E-state index in [4.69, 9.17) is 23.9 Å². The predicted molar refractivity (Wildman–Crippen MR) is 206 cm³/mol. The third-order valence-corrected chi connectivity index (χ3v) is 13.7. The number of hydrogen-bond donors (Lipinski definition) is 3. The lowest BCUT2D eigenvalue weighted by atomic mass is 9.93. The molecular weight excluding hydrogens is 743 g/mol. The third kappa shape index (κ3) is 7.85. The van der Waals surface area contributed by atoms with E-state index in [1.165, 1.54) is 11.0 Å². The number of methoxy groups -OCH3 is 2. The highest BCUT2D eigenvalue weighted by atomic mass is 32.2. The van der Waals surface area contributed by atoms with E-state index in [0.717, 1.165) is 62.6 Å². The van der Waals surface area contributed by atoms with Gasteiger partial charge in [0.15, 0.2) is 0 Å². The number of nitrogens with zero attached hydrogens (tertiary/aromatic N) is 2. The van der Waals surface area contributed by atoms with Crippen molar-refractivity contribution in [3.8, 4) is 17.2 Å². The Morgan fingerprint density at radius 1 is 1.00 bits per heavy atom. The number of hydrogen-bond acceptors (Lipinski definition) is 11. The number of pyridine rings is 1. The van der Waals surface area contributed by atoms with Crippen molar-refractivity contribution >= 4 is 44.7 Å². The van der Waals surface area contributed by atoms with Gasteiger partial charge in [-0.3, -0.25) is 24.1 Å². The van der Waals surface area contributed by atoms with Gasteiger partial charge in [0.1, 0.15) is 47.1 Å². The first-order valence-electron chi connectivity index (χ1n) is 19.8. The van der Waals surface area contributed by atoms with Gasteiger partial charge in [0.25, 0.3) is 5.91 Å². The van der Waals surface area contributed by atoms with Crippen LogP contribution in [0, 0.1) is 11.8 Å². The predicted octanol–water partition coefficient (Wildman–Crippen LogP) is 3.84. The maximum absolute atomic E-state index is 14.6. The minimum Gasteiger partial charge on any atom is -0.497 e. The Bertz CT molecular complexity index is 2010. The van der Waals surface area contributed by atoms with Crippen LogP contribution in [0.2, 0.25) is 0 Å². The SMILES string of the molecule is C=CC1CC1(NC(=O)[C@@H]1C[C@@H](Oc2c3c(nc4cc(OC)cc(OC)c24)CCCC3)CN1C(=O)[C@@H](NC(=O)OC1CCCC1)C(C)C)C(=O)NS(=O)(=O)C1CC1. The van der Waals surface area contributed by atoms with Crippen molar-refractivity contribution in [2.75, 3.05) is 20.8 Å². The zero-order valence-electron chi connectivity index (χ0n) is 32.6. The van der Waals surface area contributed by atoms with Crippen LogP contribution in [0.4, 0.5) is 4.79 Å². The van der Waals surface area contributed by atoms with Crippen molar-refractivity contribution in [1.82, 2.24) is 25.2 Å². The topological polar surface area (TPSA) is 192 Å². The Kier molecular flexibility index (Phi) is 11.1. The van der Waals surface area contributed by atoms with Crippen LogP contribution in [0.3, 0.4) is 0 Å². The lowest BCUT2D eigenvalue weighted by Gasteiger charge is -2.31. The molecule has 1 saturated heterocycles. The van der Waals surface area contributed by atoms with E-state index in [2.05, 4.69) is 21.9 Å². The highest BCUT2D eigenvalue weighted by molar-refractivity contribution is 7.91. The van der Waals surface area contributed by atoms with Gasteiger partial charge in [-0.05, 0) is 76.5 Å². The number of carbonyl (C=O) groups is 4. The zero-order chi connectivity index (χ0) is 39.9. The molecule has 1 aromatic carbocycles. The first kappa shape index (κ1) is 39.6. The molecule has 0 radical (unpaired) electrons. The number of aryl methyl sites for hydroxylation is 1. The molecule has 304 valence electrons. The fourth-order valence-electron chi connectivity index (χ4n) is 8.43. The van der Waals surface area contributed by atoms with Gasteiger partial charge in [-0.2, -0.15) is 0 Å². The zero-order valence-corrected chi connectivity index (χ0v) is 33.4. The summed E-state index contributed by atoms with van der Waals surface area (Å²) in [7, 11) is -0.782. The molecule has 2 heterocycles. The maximum Gasteiger partial charge on any atom is 0.408 e. The fourth-order valence-corrected chi connectivity index (χ4v) is 9.79. The Labute approximate surface area is 327 Å². The van der Waals surface area contributed by atoms with Crippen LogP contribution in [0.1, 0.15) is 89.3 Å². The summed E-state index contributed by atoms with van der Waals surface area (Å²) in [5.41, 5.74) is 0.911. The van der Waals surface area contributed by atoms with Crippen LogP contribution in [-0.2, 0) is 42.0 Å². The number of alkyl carbamates (subject to hydrolysis) is 1. The smallest absolute Gasteiger partial charge is 0.408 e. The van der Waals surface area contributed by atoms with Crippen LogP contribution < -0.4 is 29.6 Å². The molecular formula is C40H53N5O10S. The first-order valence-corrected chi connectivity index (χ1v) is 21.4. The van der Waals surface area contributed by atoms with Crippen LogP contribution in [0.25, 0.3) is 10.9 Å². The maximum atomic E-state index is 14.6. The Balaban J connectivity index is 1.21. The number of amides is 4. The molecule has 4 amide bonds. The highest BCUT2D eigenvalue weighted by Crippen LogP contribution is 2.46. The summed E-state index contributed by atoms with van der Waals surface area (Å²) in [5, 5.41) is 5.61. The summed E-state index contributed by atoms with van der Waals surface area (Å²) in [4.78, 5) is 62.1. The summed E-state index contributed by atoms with van der Waals surface area (Å²) in [5.74, 6) is -1.26. The monoisotopic (exact) mass is 795 g/mol. The largest absolute Gasteiger partial charge is 0.497 e. The molecule has 0 bridgehead atoms. The standard InChI is InChI=1S/C40H53N5O10S/c1-6-23-20-40(23,38(48)44-56(50,51)27-15-16-27)43-36(46)31-18-26(21-45(31)37(47)34(22(2)3)42-39(49)55-24-11-7-8-12-24)54-35-28-13-9-10-14-29(28)41-30-17-25(52-4)19-32(53-5)33(30)35/h6,17,19,22-24,26-27,31,34H,1,7-16,18,20-21H2,2-5H3,(H,42,49)(H,43,46)(H,44,48)/t23?,26-,31+,34+,40?/m1/s1. The lowest BCUT2D eigenvalue weighted by Crippen LogP contribution is -2.59. The second-order valence-corrected chi connectivity index (χ2v) is 18.1. The number of benzene rings is 1. The van der Waals surface area contributed by atoms with Crippen molar-refractivity contribution in [3.63, 3.8) is 0 Å². The van der Waals surface area contributed by atoms with E-state index in [-0.39, 0.29) is 31.4 Å². The van der Waals surface area contributed by atoms with Crippen molar-refractivity contribution < 1.29 is 46.5 Å². The summed E-state index contributed by atoms with van der Waals surface area (Å²) >= 11 is 0. The van der Waals surface area contributed by atoms with E-state index in [9.17, 15) is 27.6 Å². The third-order valence-electron chi connectivity index (χ3n) is 11.9. The molecule has 16 heteroatoms. The molecule has 2 unspecified atom stereocenters. The van der Waals surface area contributed by atoms with Crippen molar-refractivity contribution in [1.29, 1.82) is 0 Å². The summed E-state index contributed by atoms with van der Waals surface area (Å²) in [6.07, 6.45) is 7.82. The van der Waals surface area contributed by atoms with Crippen molar-refractivity contribution in [2.45, 2.75) is 126 Å². The van der Waals surface area contributed by atoms with E-state index in [1.807, 2.05) is 6.07 Å². The molecule has 4 fully saturated rings. The molecule has 3 N–H and O–H groups in total. The number of ether oxygens (including phenoxy) is 4. The number of sulfonamides is 1. The molecule has 0 spiro atoms. The number of carbonyl (C=O) groups excluding carboxylic acids is 4. The first-order chi connectivity index (χ1) is 26.8. The quantitative estimate of drug-likeness (QED) is 0.236. The second-order valence-electron chi connectivity index (χ2n) is 16.1. The summed E-state index contributed by atoms with van der Waals surface area (Å²) in [6, 6.07) is 1.41. The van der Waals surface area contributed by atoms with E-state index in [1.54, 1.807) is 34.1 Å². The number of nitrogens with one attached hydrogen (secondary N) is 3. The molecule has 1 aliphatic heterocycles. The van der Waals surface area contributed by atoms with E-state index >= 15 is 0 Å². The fraction of sp³-hybridized carbons (Fsp3) is 0.625. The van der Waals surface area contributed by atoms with Gasteiger partial charge in [0.2, 0.25) is 21.8 Å². The molecule has 1 aromatic heterocycles. The van der Waals surface area contributed by atoms with Crippen LogP contribution >= 0.6 is 0 Å². The van der Waals surface area contributed by atoms with Gasteiger partial charge >= 0.3 is 6.09 Å². The average molecular weight is 796 g/mol. The number of fused-ring (bicyclic) bond motifs is 2. The lowest BCUT2D eigenvalue weighted by molar-refractivity contribution is -0.141. The van der Waals surface area contributed by atoms with Gasteiger partial charge in [-0.25, -0.2) is 13.2 Å². The van der Waals surface area contributed by atoms with Gasteiger partial charge in [0, 0.05) is 35.7 Å². The van der Waals surface area contributed by atoms with E-state index in [0.29, 0.717) is 41.0 Å². The molecule has 2 aromatic rings. The molecule has 5 aliphatic rings. The number of rotatable bonds is 14. The number of likely N-dealkylation sites (tertiary alicyclic amines) is 1. The van der Waals surface area contributed by atoms with Crippen LogP contribution in [0.5, 0.6) is 17.2 Å². The summed E-state index contributed by atoms with van der Waals surface area (Å²) in [6.45, 7) is 7.38. The van der Waals surface area contributed by atoms with Crippen molar-refractivity contribution in [2.24, 2.45) is 11.8 Å². The van der Waals surface area contributed by atoms with Gasteiger partial charge < -0.3 is 34.5 Å². The minimum atomic E-state index is -3.91.